The van der Waals surface area contributed by atoms with E-state index in [1.54, 1.807) is 4.90 Å². The number of carbonyl (C=O) groups is 1. The number of ether oxygens (including phenoxy) is 1. The first-order valence-corrected chi connectivity index (χ1v) is 9.94. The molecule has 2 saturated heterocycles. The number of hydrogen-bond donors (Lipinski definition) is 0. The Bertz CT molecular complexity index is 768. The first-order valence-electron chi connectivity index (χ1n) is 9.56. The van der Waals surface area contributed by atoms with Gasteiger partial charge in [0.1, 0.15) is 10.8 Å². The summed E-state index contributed by atoms with van der Waals surface area (Å²) >= 11 is 5.83. The number of halogens is 4. The summed E-state index contributed by atoms with van der Waals surface area (Å²) in [6.07, 6.45) is -4.85. The van der Waals surface area contributed by atoms with Crippen LogP contribution in [0.1, 0.15) is 32.0 Å². The predicted octanol–water partition coefficient (Wildman–Crippen LogP) is 3.80. The van der Waals surface area contributed by atoms with Crippen molar-refractivity contribution < 1.29 is 22.7 Å². The Morgan fingerprint density at radius 3 is 2.28 bits per heavy atom. The molecule has 1 aromatic rings. The van der Waals surface area contributed by atoms with Crippen molar-refractivity contribution in [2.24, 2.45) is 0 Å². The molecule has 0 aliphatic carbocycles. The third-order valence-corrected chi connectivity index (χ3v) is 5.36. The van der Waals surface area contributed by atoms with Crippen molar-refractivity contribution in [1.82, 2.24) is 14.8 Å². The van der Waals surface area contributed by atoms with Crippen molar-refractivity contribution in [3.63, 3.8) is 0 Å². The molecule has 6 nitrogen and oxygen atoms in total. The predicted molar refractivity (Wildman–Crippen MR) is 104 cm³/mol. The van der Waals surface area contributed by atoms with Gasteiger partial charge in [-0.15, -0.1) is 0 Å². The second kappa shape index (κ2) is 7.83. The van der Waals surface area contributed by atoms with E-state index in [9.17, 15) is 18.0 Å². The quantitative estimate of drug-likeness (QED) is 0.662. The molecular formula is C19H26ClF3N4O2. The van der Waals surface area contributed by atoms with E-state index in [-0.39, 0.29) is 22.9 Å². The van der Waals surface area contributed by atoms with Gasteiger partial charge in [0.05, 0.1) is 0 Å². The first kappa shape index (κ1) is 22.0. The highest BCUT2D eigenvalue weighted by atomic mass is 35.5. The lowest BCUT2D eigenvalue weighted by Crippen LogP contribution is -2.63. The van der Waals surface area contributed by atoms with E-state index in [4.69, 9.17) is 16.3 Å². The summed E-state index contributed by atoms with van der Waals surface area (Å²) in [6, 6.07) is 1.72. The highest BCUT2D eigenvalue weighted by Gasteiger charge is 2.39. The van der Waals surface area contributed by atoms with Gasteiger partial charge in [0.2, 0.25) is 0 Å². The van der Waals surface area contributed by atoms with E-state index < -0.39 is 17.5 Å². The van der Waals surface area contributed by atoms with Crippen LogP contribution in [-0.2, 0) is 10.9 Å². The average molecular weight is 435 g/mol. The monoisotopic (exact) mass is 434 g/mol. The summed E-state index contributed by atoms with van der Waals surface area (Å²) in [4.78, 5) is 21.5. The number of piperazine rings is 1. The summed E-state index contributed by atoms with van der Waals surface area (Å²) in [7, 11) is 0. The van der Waals surface area contributed by atoms with E-state index in [0.717, 1.165) is 0 Å². The molecule has 2 aliphatic heterocycles. The first-order chi connectivity index (χ1) is 13.3. The van der Waals surface area contributed by atoms with Gasteiger partial charge in [-0.05, 0) is 33.8 Å². The van der Waals surface area contributed by atoms with Gasteiger partial charge in [0, 0.05) is 56.6 Å². The van der Waals surface area contributed by atoms with Crippen LogP contribution in [0, 0.1) is 6.92 Å². The van der Waals surface area contributed by atoms with Gasteiger partial charge in [-0.2, -0.15) is 13.2 Å². The van der Waals surface area contributed by atoms with Crippen LogP contribution in [0.3, 0.4) is 0 Å². The molecule has 0 spiro atoms. The fourth-order valence-electron chi connectivity index (χ4n) is 3.65. The van der Waals surface area contributed by atoms with Crippen molar-refractivity contribution in [3.05, 3.63) is 22.5 Å². The van der Waals surface area contributed by atoms with E-state index in [1.165, 1.54) is 13.0 Å². The lowest BCUT2D eigenvalue weighted by molar-refractivity contribution is -0.141. The molecule has 2 aliphatic rings. The Balaban J connectivity index is 1.56. The summed E-state index contributed by atoms with van der Waals surface area (Å²) in [5, 5.41) is -0.160. The van der Waals surface area contributed by atoms with Crippen LogP contribution in [0.2, 0.25) is 5.15 Å². The van der Waals surface area contributed by atoms with E-state index in [1.807, 2.05) is 25.7 Å². The van der Waals surface area contributed by atoms with Gasteiger partial charge in [0.25, 0.3) is 0 Å². The van der Waals surface area contributed by atoms with Gasteiger partial charge in [-0.25, -0.2) is 9.78 Å². The average Bonchev–Trinajstić information content (AvgIpc) is 2.54. The Morgan fingerprint density at radius 2 is 1.76 bits per heavy atom. The maximum absolute atomic E-state index is 13.2. The molecule has 0 unspecified atom stereocenters. The number of nitrogens with zero attached hydrogens (tertiary/aromatic N) is 4. The Labute approximate surface area is 173 Å². The van der Waals surface area contributed by atoms with E-state index >= 15 is 0 Å². The van der Waals surface area contributed by atoms with Gasteiger partial charge >= 0.3 is 12.3 Å². The number of rotatable bonds is 2. The number of amides is 1. The number of carbonyl (C=O) groups excluding carboxylic acids is 1. The third-order valence-electron chi connectivity index (χ3n) is 5.17. The number of alkyl halides is 3. The second-order valence-corrected chi connectivity index (χ2v) is 8.88. The molecule has 3 rings (SSSR count). The van der Waals surface area contributed by atoms with Crippen molar-refractivity contribution in [2.45, 2.75) is 45.5 Å². The van der Waals surface area contributed by atoms with Crippen LogP contribution in [0.25, 0.3) is 0 Å². The molecule has 3 heterocycles. The zero-order valence-corrected chi connectivity index (χ0v) is 17.8. The van der Waals surface area contributed by atoms with Gasteiger partial charge in [-0.1, -0.05) is 11.6 Å². The second-order valence-electron chi connectivity index (χ2n) is 8.50. The van der Waals surface area contributed by atoms with Crippen LogP contribution >= 0.6 is 11.6 Å². The Morgan fingerprint density at radius 1 is 1.17 bits per heavy atom. The fourth-order valence-corrected chi connectivity index (χ4v) is 3.84. The summed E-state index contributed by atoms with van der Waals surface area (Å²) < 4.78 is 44.9. The minimum Gasteiger partial charge on any atom is -0.444 e. The smallest absolute Gasteiger partial charge is 0.433 e. The Hall–Kier alpha value is -1.74. The van der Waals surface area contributed by atoms with Crippen molar-refractivity contribution in [3.8, 4) is 0 Å². The molecule has 0 radical (unpaired) electrons. The number of anilines is 1. The minimum absolute atomic E-state index is 0.0927. The molecule has 1 amide bonds. The molecular weight excluding hydrogens is 409 g/mol. The number of pyridine rings is 1. The molecule has 162 valence electrons. The van der Waals surface area contributed by atoms with Crippen molar-refractivity contribution in [2.75, 3.05) is 44.2 Å². The molecule has 2 fully saturated rings. The fraction of sp³-hybridized carbons (Fsp3) is 0.684. The summed E-state index contributed by atoms with van der Waals surface area (Å²) in [5.74, 6) is 0. The zero-order valence-electron chi connectivity index (χ0n) is 17.0. The third kappa shape index (κ3) is 5.06. The van der Waals surface area contributed by atoms with Crippen molar-refractivity contribution in [1.29, 1.82) is 0 Å². The maximum Gasteiger partial charge on any atom is 0.433 e. The highest BCUT2D eigenvalue weighted by Crippen LogP contribution is 2.37. The Kier molecular flexibility index (Phi) is 5.93. The molecule has 1 aromatic heterocycles. The number of hydrogen-bond acceptors (Lipinski definition) is 5. The van der Waals surface area contributed by atoms with E-state index in [0.29, 0.717) is 45.0 Å². The van der Waals surface area contributed by atoms with Crippen LogP contribution in [0.5, 0.6) is 0 Å². The maximum atomic E-state index is 13.2. The van der Waals surface area contributed by atoms with Gasteiger partial charge in [-0.3, -0.25) is 4.90 Å². The molecule has 0 saturated carbocycles. The van der Waals surface area contributed by atoms with Crippen molar-refractivity contribution >= 4 is 23.4 Å². The topological polar surface area (TPSA) is 48.9 Å². The lowest BCUT2D eigenvalue weighted by atomic mass is 10.0. The SMILES string of the molecule is Cc1c(N2CC(N3CCN(C(=O)OC(C)(C)C)CC3)C2)cc(Cl)nc1C(F)(F)F. The standard InChI is InChI=1S/C19H26ClF3N4O2/c1-12-14(9-15(20)24-16(12)19(21,22)23)27-10-13(11-27)25-5-7-26(8-6-25)17(28)29-18(2,3)4/h9,13H,5-8,10-11H2,1-4H3. The van der Waals surface area contributed by atoms with Crippen LogP contribution < -0.4 is 4.90 Å². The molecule has 0 atom stereocenters. The van der Waals surface area contributed by atoms with Gasteiger partial charge in [0.15, 0.2) is 5.69 Å². The normalized spacial score (nSPS) is 19.3. The van der Waals surface area contributed by atoms with Crippen LogP contribution in [-0.4, -0.2) is 71.8 Å². The lowest BCUT2D eigenvalue weighted by Gasteiger charge is -2.49. The molecule has 0 N–H and O–H groups in total. The minimum atomic E-state index is -4.54. The van der Waals surface area contributed by atoms with E-state index in [2.05, 4.69) is 9.88 Å². The zero-order chi connectivity index (χ0) is 21.6. The number of aromatic nitrogens is 1. The molecule has 29 heavy (non-hydrogen) atoms. The van der Waals surface area contributed by atoms with Crippen LogP contribution in [0.15, 0.2) is 6.07 Å². The summed E-state index contributed by atoms with van der Waals surface area (Å²) in [6.45, 7) is 10.7. The largest absolute Gasteiger partial charge is 0.444 e. The summed E-state index contributed by atoms with van der Waals surface area (Å²) in [5.41, 5.74) is -0.896. The van der Waals surface area contributed by atoms with Crippen LogP contribution in [0.4, 0.5) is 23.7 Å². The molecule has 0 aromatic carbocycles. The molecule has 10 heteroatoms. The molecule has 0 bridgehead atoms. The highest BCUT2D eigenvalue weighted by molar-refractivity contribution is 6.29. The van der Waals surface area contributed by atoms with Gasteiger partial charge < -0.3 is 14.5 Å².